The van der Waals surface area contributed by atoms with E-state index in [0.717, 1.165) is 55.2 Å². The molecule has 0 fully saturated rings. The quantitative estimate of drug-likeness (QED) is 0.170. The smallest absolute Gasteiger partial charge is 0.235 e. The molecule has 12 aromatic rings. The van der Waals surface area contributed by atoms with Gasteiger partial charge in [-0.25, -0.2) is 9.97 Å². The Bertz CT molecular complexity index is 3510. The Morgan fingerprint density at radius 2 is 0.750 bits per heavy atom. The molecule has 0 aliphatic carbocycles. The number of hydrogen-bond donors (Lipinski definition) is 0. The molecule has 0 amide bonds. The summed E-state index contributed by atoms with van der Waals surface area (Å²) in [5.74, 6) is 0.655. The van der Waals surface area contributed by atoms with Crippen LogP contribution in [0.4, 0.5) is 0 Å². The Hall–Kier alpha value is -7.56. The topological polar surface area (TPSA) is 35.6 Å². The van der Waals surface area contributed by atoms with Gasteiger partial charge in [-0.1, -0.05) is 158 Å². The first kappa shape index (κ1) is 30.9. The maximum atomic E-state index is 5.56. The summed E-state index contributed by atoms with van der Waals surface area (Å²) in [5, 5.41) is 10.5. The van der Waals surface area contributed by atoms with Gasteiger partial charge in [0.05, 0.1) is 33.3 Å². The Morgan fingerprint density at radius 1 is 0.286 bits per heavy atom. The van der Waals surface area contributed by atoms with E-state index in [1.807, 2.05) is 0 Å². The summed E-state index contributed by atoms with van der Waals surface area (Å²) >= 11 is 0. The van der Waals surface area contributed by atoms with Gasteiger partial charge in [0.25, 0.3) is 0 Å². The molecular weight excluding hydrogens is 681 g/mol. The molecule has 0 atom stereocenters. The minimum atomic E-state index is 0.655. The summed E-state index contributed by atoms with van der Waals surface area (Å²) in [7, 11) is 0. The highest BCUT2D eigenvalue weighted by Gasteiger charge is 2.23. The fourth-order valence-electron chi connectivity index (χ4n) is 9.11. The molecule has 4 nitrogen and oxygen atoms in total. The zero-order chi connectivity index (χ0) is 36.7. The van der Waals surface area contributed by atoms with Gasteiger partial charge in [-0.2, -0.15) is 0 Å². The van der Waals surface area contributed by atoms with Crippen LogP contribution in [0.2, 0.25) is 0 Å². The molecule has 0 spiro atoms. The van der Waals surface area contributed by atoms with Crippen molar-refractivity contribution in [1.82, 2.24) is 19.1 Å². The van der Waals surface area contributed by atoms with Gasteiger partial charge in [-0.05, 0) is 63.7 Å². The number of benzene rings is 9. The van der Waals surface area contributed by atoms with E-state index in [1.165, 1.54) is 49.0 Å². The van der Waals surface area contributed by atoms with E-state index in [9.17, 15) is 0 Å². The third kappa shape index (κ3) is 4.41. The Labute approximate surface area is 322 Å². The molecule has 0 N–H and O–H groups in total. The maximum absolute atomic E-state index is 5.56. The molecule has 0 radical (unpaired) electrons. The van der Waals surface area contributed by atoms with Gasteiger partial charge in [-0.15, -0.1) is 0 Å². The van der Waals surface area contributed by atoms with Crippen LogP contribution >= 0.6 is 0 Å². The van der Waals surface area contributed by atoms with Crippen LogP contribution in [0, 0.1) is 0 Å². The Kier molecular flexibility index (Phi) is 6.60. The van der Waals surface area contributed by atoms with Crippen LogP contribution in [0.5, 0.6) is 0 Å². The van der Waals surface area contributed by atoms with Crippen molar-refractivity contribution in [2.45, 2.75) is 0 Å². The summed E-state index contributed by atoms with van der Waals surface area (Å²) in [6.07, 6.45) is 0. The summed E-state index contributed by atoms with van der Waals surface area (Å²) < 4.78 is 4.68. The van der Waals surface area contributed by atoms with E-state index >= 15 is 0 Å². The van der Waals surface area contributed by atoms with Gasteiger partial charge >= 0.3 is 0 Å². The predicted octanol–water partition coefficient (Wildman–Crippen LogP) is 13.5. The summed E-state index contributed by atoms with van der Waals surface area (Å²) in [6, 6.07) is 69.4. The van der Waals surface area contributed by atoms with Crippen molar-refractivity contribution in [3.8, 4) is 34.0 Å². The van der Waals surface area contributed by atoms with Crippen molar-refractivity contribution in [3.05, 3.63) is 194 Å². The van der Waals surface area contributed by atoms with Crippen LogP contribution in [0.25, 0.3) is 110 Å². The van der Waals surface area contributed by atoms with E-state index in [4.69, 9.17) is 9.97 Å². The van der Waals surface area contributed by atoms with E-state index in [-0.39, 0.29) is 0 Å². The minimum absolute atomic E-state index is 0.655. The third-order valence-electron chi connectivity index (χ3n) is 11.5. The number of para-hydroxylation sites is 2. The monoisotopic (exact) mass is 712 g/mol. The maximum Gasteiger partial charge on any atom is 0.235 e. The van der Waals surface area contributed by atoms with Crippen molar-refractivity contribution < 1.29 is 0 Å². The number of fused-ring (bicyclic) bond motifs is 13. The standard InChI is InChI=1S/C52H32N4/c1-3-15-33(16-4-1)34-27-29-36(30-28-34)55-43-25-13-11-23-41(43)47-45(55)31-32-46-48(47)42-24-12-14-26-44(42)56(46)52-53-50(35-17-5-2-6-18-35)49-39-21-9-7-19-37(39)38-20-8-10-22-40(38)51(49)54-52/h1-32H. The van der Waals surface area contributed by atoms with Crippen LogP contribution in [-0.4, -0.2) is 19.1 Å². The van der Waals surface area contributed by atoms with Crippen molar-refractivity contribution >= 4 is 76.1 Å². The first-order chi connectivity index (χ1) is 27.8. The van der Waals surface area contributed by atoms with Gasteiger partial charge in [0.15, 0.2) is 0 Å². The van der Waals surface area contributed by atoms with Crippen LogP contribution in [0.3, 0.4) is 0 Å². The number of hydrogen-bond acceptors (Lipinski definition) is 2. The lowest BCUT2D eigenvalue weighted by atomic mass is 9.94. The molecule has 0 saturated carbocycles. The van der Waals surface area contributed by atoms with Gasteiger partial charge in [0.2, 0.25) is 5.95 Å². The van der Waals surface area contributed by atoms with Crippen molar-refractivity contribution in [3.63, 3.8) is 0 Å². The fraction of sp³-hybridized carbons (Fsp3) is 0. The lowest BCUT2D eigenvalue weighted by Crippen LogP contribution is -2.04. The number of aromatic nitrogens is 4. The fourth-order valence-corrected chi connectivity index (χ4v) is 9.11. The highest BCUT2D eigenvalue weighted by molar-refractivity contribution is 6.30. The Morgan fingerprint density at radius 3 is 1.39 bits per heavy atom. The second-order valence-electron chi connectivity index (χ2n) is 14.5. The number of nitrogens with zero attached hydrogens (tertiary/aromatic N) is 4. The second-order valence-corrected chi connectivity index (χ2v) is 14.5. The Balaban J connectivity index is 1.18. The van der Waals surface area contributed by atoms with Crippen molar-refractivity contribution in [2.75, 3.05) is 0 Å². The van der Waals surface area contributed by atoms with Gasteiger partial charge in [-0.3, -0.25) is 4.57 Å². The molecule has 4 heteroatoms. The van der Waals surface area contributed by atoms with E-state index < -0.39 is 0 Å². The first-order valence-corrected chi connectivity index (χ1v) is 19.1. The van der Waals surface area contributed by atoms with Crippen molar-refractivity contribution in [1.29, 1.82) is 0 Å². The van der Waals surface area contributed by atoms with Gasteiger partial charge in [0.1, 0.15) is 0 Å². The molecule has 0 aliphatic heterocycles. The minimum Gasteiger partial charge on any atom is -0.309 e. The average molecular weight is 713 g/mol. The SMILES string of the molecule is c1ccc(-c2ccc(-n3c4ccccc4c4c5c6ccccc6n(-c6nc(-c7ccccc7)c7c8ccccc8c8ccccc8c7n6)c5ccc43)cc2)cc1. The van der Waals surface area contributed by atoms with Crippen molar-refractivity contribution in [2.24, 2.45) is 0 Å². The molecular formula is C52H32N4. The van der Waals surface area contributed by atoms with E-state index in [1.54, 1.807) is 0 Å². The molecule has 3 aromatic heterocycles. The normalized spacial score (nSPS) is 11.9. The molecule has 0 bridgehead atoms. The first-order valence-electron chi connectivity index (χ1n) is 19.1. The zero-order valence-corrected chi connectivity index (χ0v) is 30.3. The van der Waals surface area contributed by atoms with Gasteiger partial charge in [0, 0.05) is 43.6 Å². The summed E-state index contributed by atoms with van der Waals surface area (Å²) in [6.45, 7) is 0. The van der Waals surface area contributed by atoms with E-state index in [0.29, 0.717) is 5.95 Å². The zero-order valence-electron chi connectivity index (χ0n) is 30.3. The second kappa shape index (κ2) is 12.0. The molecule has 0 unspecified atom stereocenters. The molecule has 56 heavy (non-hydrogen) atoms. The lowest BCUT2D eigenvalue weighted by Gasteiger charge is -2.16. The predicted molar refractivity (Wildman–Crippen MR) is 234 cm³/mol. The van der Waals surface area contributed by atoms with Crippen LogP contribution in [0.1, 0.15) is 0 Å². The molecule has 3 heterocycles. The molecule has 12 rings (SSSR count). The summed E-state index contributed by atoms with van der Waals surface area (Å²) in [5.41, 5.74) is 11.0. The molecule has 0 aliphatic rings. The lowest BCUT2D eigenvalue weighted by molar-refractivity contribution is 1.02. The van der Waals surface area contributed by atoms with E-state index in [2.05, 4.69) is 203 Å². The number of rotatable bonds is 4. The van der Waals surface area contributed by atoms with Gasteiger partial charge < -0.3 is 4.57 Å². The molecule has 260 valence electrons. The van der Waals surface area contributed by atoms with Crippen LogP contribution in [0.15, 0.2) is 194 Å². The van der Waals surface area contributed by atoms with Crippen LogP contribution in [-0.2, 0) is 0 Å². The molecule has 9 aromatic carbocycles. The average Bonchev–Trinajstić information content (AvgIpc) is 3.80. The largest absolute Gasteiger partial charge is 0.309 e. The third-order valence-corrected chi connectivity index (χ3v) is 11.5. The summed E-state index contributed by atoms with van der Waals surface area (Å²) in [4.78, 5) is 11.1. The van der Waals surface area contributed by atoms with Crippen LogP contribution < -0.4 is 0 Å². The molecule has 0 saturated heterocycles. The highest BCUT2D eigenvalue weighted by atomic mass is 15.2. The highest BCUT2D eigenvalue weighted by Crippen LogP contribution is 2.44.